The highest BCUT2D eigenvalue weighted by Crippen LogP contribution is 2.15. The van der Waals surface area contributed by atoms with Crippen LogP contribution in [0.25, 0.3) is 0 Å². The predicted molar refractivity (Wildman–Crippen MR) is 106 cm³/mol. The molecule has 0 aliphatic heterocycles. The number of anilines is 1. The normalized spacial score (nSPS) is 10.3. The summed E-state index contributed by atoms with van der Waals surface area (Å²) in [7, 11) is 0. The van der Waals surface area contributed by atoms with Gasteiger partial charge in [-0.3, -0.25) is 14.6 Å². The van der Waals surface area contributed by atoms with Crippen LogP contribution >= 0.6 is 0 Å². The molecule has 27 heavy (non-hydrogen) atoms. The van der Waals surface area contributed by atoms with Crippen molar-refractivity contribution in [3.05, 3.63) is 94.8 Å². The summed E-state index contributed by atoms with van der Waals surface area (Å²) in [5, 5.41) is 5.75. The van der Waals surface area contributed by atoms with Crippen LogP contribution in [0.2, 0.25) is 0 Å². The number of hydrogen-bond donors (Lipinski definition) is 2. The number of amides is 2. The minimum atomic E-state index is -0.187. The van der Waals surface area contributed by atoms with E-state index in [0.29, 0.717) is 23.4 Å². The topological polar surface area (TPSA) is 71.1 Å². The standard InChI is InChI=1S/C22H21N3O2/c1-15-8-9-18(11-16(15)2)22(27)25-20-7-3-5-17(12-20)13-24-21(26)19-6-4-10-23-14-19/h3-12,14H,13H2,1-2H3,(H,24,26)(H,25,27). The van der Waals surface area contributed by atoms with Crippen molar-refractivity contribution >= 4 is 17.5 Å². The third-order valence-corrected chi connectivity index (χ3v) is 4.33. The highest BCUT2D eigenvalue weighted by atomic mass is 16.2. The van der Waals surface area contributed by atoms with Gasteiger partial charge in [0.05, 0.1) is 5.56 Å². The van der Waals surface area contributed by atoms with Crippen molar-refractivity contribution in [2.24, 2.45) is 0 Å². The van der Waals surface area contributed by atoms with E-state index in [-0.39, 0.29) is 11.8 Å². The van der Waals surface area contributed by atoms with Crippen LogP contribution in [0.4, 0.5) is 5.69 Å². The van der Waals surface area contributed by atoms with Crippen LogP contribution in [0.5, 0.6) is 0 Å². The lowest BCUT2D eigenvalue weighted by molar-refractivity contribution is 0.0949. The first-order valence-corrected chi connectivity index (χ1v) is 8.69. The van der Waals surface area contributed by atoms with Gasteiger partial charge in [-0.25, -0.2) is 0 Å². The first kappa shape index (κ1) is 18.3. The summed E-state index contributed by atoms with van der Waals surface area (Å²) in [4.78, 5) is 28.5. The molecule has 0 atom stereocenters. The molecule has 0 bridgehead atoms. The summed E-state index contributed by atoms with van der Waals surface area (Å²) in [5.41, 5.74) is 4.94. The molecular formula is C22H21N3O2. The fourth-order valence-corrected chi connectivity index (χ4v) is 2.63. The molecule has 5 nitrogen and oxygen atoms in total. The Labute approximate surface area is 158 Å². The van der Waals surface area contributed by atoms with Gasteiger partial charge in [0.25, 0.3) is 11.8 Å². The van der Waals surface area contributed by atoms with Crippen molar-refractivity contribution < 1.29 is 9.59 Å². The van der Waals surface area contributed by atoms with Gasteiger partial charge in [0.2, 0.25) is 0 Å². The average molecular weight is 359 g/mol. The number of aromatic nitrogens is 1. The number of pyridine rings is 1. The van der Waals surface area contributed by atoms with Gasteiger partial charge in [-0.2, -0.15) is 0 Å². The zero-order chi connectivity index (χ0) is 19.2. The van der Waals surface area contributed by atoms with Crippen molar-refractivity contribution in [2.75, 3.05) is 5.32 Å². The second kappa shape index (κ2) is 8.27. The number of aryl methyl sites for hydroxylation is 2. The Balaban J connectivity index is 1.64. The quantitative estimate of drug-likeness (QED) is 0.726. The van der Waals surface area contributed by atoms with E-state index in [9.17, 15) is 9.59 Å². The van der Waals surface area contributed by atoms with E-state index in [1.807, 2.05) is 56.3 Å². The second-order valence-electron chi connectivity index (χ2n) is 6.38. The van der Waals surface area contributed by atoms with E-state index in [1.165, 1.54) is 6.20 Å². The molecule has 3 rings (SSSR count). The molecule has 1 aromatic heterocycles. The zero-order valence-electron chi connectivity index (χ0n) is 15.3. The number of hydrogen-bond acceptors (Lipinski definition) is 3. The van der Waals surface area contributed by atoms with Gasteiger partial charge < -0.3 is 10.6 Å². The molecule has 2 amide bonds. The Morgan fingerprint density at radius 3 is 2.48 bits per heavy atom. The molecule has 0 aliphatic carbocycles. The summed E-state index contributed by atoms with van der Waals surface area (Å²) >= 11 is 0. The minimum Gasteiger partial charge on any atom is -0.348 e. The van der Waals surface area contributed by atoms with Crippen molar-refractivity contribution in [3.63, 3.8) is 0 Å². The maximum Gasteiger partial charge on any atom is 0.255 e. The summed E-state index contributed by atoms with van der Waals surface area (Å²) in [6.45, 7) is 4.36. The van der Waals surface area contributed by atoms with E-state index in [0.717, 1.165) is 16.7 Å². The van der Waals surface area contributed by atoms with Gasteiger partial charge in [0.15, 0.2) is 0 Å². The van der Waals surface area contributed by atoms with Gasteiger partial charge in [0.1, 0.15) is 0 Å². The van der Waals surface area contributed by atoms with Crippen molar-refractivity contribution in [2.45, 2.75) is 20.4 Å². The number of carbonyl (C=O) groups excluding carboxylic acids is 2. The van der Waals surface area contributed by atoms with E-state index >= 15 is 0 Å². The molecule has 0 unspecified atom stereocenters. The van der Waals surface area contributed by atoms with E-state index in [4.69, 9.17) is 0 Å². The first-order chi connectivity index (χ1) is 13.0. The van der Waals surface area contributed by atoms with Crippen LogP contribution in [-0.4, -0.2) is 16.8 Å². The first-order valence-electron chi connectivity index (χ1n) is 8.69. The predicted octanol–water partition coefficient (Wildman–Crippen LogP) is 3.88. The SMILES string of the molecule is Cc1ccc(C(=O)Nc2cccc(CNC(=O)c3cccnc3)c2)cc1C. The Morgan fingerprint density at radius 1 is 0.889 bits per heavy atom. The molecule has 5 heteroatoms. The molecule has 0 fully saturated rings. The molecule has 0 aliphatic rings. The van der Waals surface area contributed by atoms with Gasteiger partial charge in [-0.05, 0) is 66.9 Å². The molecule has 0 saturated heterocycles. The fourth-order valence-electron chi connectivity index (χ4n) is 2.63. The van der Waals surface area contributed by atoms with E-state index < -0.39 is 0 Å². The highest BCUT2D eigenvalue weighted by molar-refractivity contribution is 6.04. The number of carbonyl (C=O) groups is 2. The van der Waals surface area contributed by atoms with Gasteiger partial charge >= 0.3 is 0 Å². The molecule has 136 valence electrons. The van der Waals surface area contributed by atoms with Crippen LogP contribution in [-0.2, 0) is 6.54 Å². The monoisotopic (exact) mass is 359 g/mol. The smallest absolute Gasteiger partial charge is 0.255 e. The van der Waals surface area contributed by atoms with Crippen molar-refractivity contribution in [3.8, 4) is 0 Å². The molecule has 0 spiro atoms. The minimum absolute atomic E-state index is 0.158. The summed E-state index contributed by atoms with van der Waals surface area (Å²) < 4.78 is 0. The van der Waals surface area contributed by atoms with Crippen LogP contribution in [0, 0.1) is 13.8 Å². The van der Waals surface area contributed by atoms with Gasteiger partial charge in [-0.1, -0.05) is 18.2 Å². The molecule has 0 saturated carbocycles. The van der Waals surface area contributed by atoms with Gasteiger partial charge in [0, 0.05) is 30.2 Å². The van der Waals surface area contributed by atoms with Crippen molar-refractivity contribution in [1.82, 2.24) is 10.3 Å². The number of nitrogens with one attached hydrogen (secondary N) is 2. The largest absolute Gasteiger partial charge is 0.348 e. The lowest BCUT2D eigenvalue weighted by atomic mass is 10.1. The molecule has 3 aromatic rings. The third kappa shape index (κ3) is 4.79. The number of benzene rings is 2. The van der Waals surface area contributed by atoms with E-state index in [2.05, 4.69) is 15.6 Å². The van der Waals surface area contributed by atoms with Crippen LogP contribution in [0.3, 0.4) is 0 Å². The maximum atomic E-state index is 12.5. The Hall–Kier alpha value is -3.47. The third-order valence-electron chi connectivity index (χ3n) is 4.33. The molecule has 2 N–H and O–H groups in total. The Bertz CT molecular complexity index is 968. The molecule has 1 heterocycles. The number of nitrogens with zero attached hydrogens (tertiary/aromatic N) is 1. The zero-order valence-corrected chi connectivity index (χ0v) is 15.3. The Kier molecular flexibility index (Phi) is 5.61. The second-order valence-corrected chi connectivity index (χ2v) is 6.38. The van der Waals surface area contributed by atoms with Gasteiger partial charge in [-0.15, -0.1) is 0 Å². The summed E-state index contributed by atoms with van der Waals surface area (Å²) in [5.74, 6) is -0.345. The van der Waals surface area contributed by atoms with Crippen LogP contribution < -0.4 is 10.6 Å². The lowest BCUT2D eigenvalue weighted by Crippen LogP contribution is -2.23. The molecular weight excluding hydrogens is 338 g/mol. The molecule has 0 radical (unpaired) electrons. The Morgan fingerprint density at radius 2 is 1.74 bits per heavy atom. The van der Waals surface area contributed by atoms with Crippen LogP contribution in [0.1, 0.15) is 37.4 Å². The highest BCUT2D eigenvalue weighted by Gasteiger charge is 2.08. The summed E-state index contributed by atoms with van der Waals surface area (Å²) in [6.07, 6.45) is 3.15. The fraction of sp³-hybridized carbons (Fsp3) is 0.136. The average Bonchev–Trinajstić information content (AvgIpc) is 2.69. The maximum absolute atomic E-state index is 12.5. The summed E-state index contributed by atoms with van der Waals surface area (Å²) in [6, 6.07) is 16.5. The van der Waals surface area contributed by atoms with Crippen LogP contribution in [0.15, 0.2) is 67.0 Å². The molecule has 2 aromatic carbocycles. The number of rotatable bonds is 5. The van der Waals surface area contributed by atoms with Crippen molar-refractivity contribution in [1.29, 1.82) is 0 Å². The lowest BCUT2D eigenvalue weighted by Gasteiger charge is -2.10. The van der Waals surface area contributed by atoms with E-state index in [1.54, 1.807) is 18.3 Å².